The monoisotopic (exact) mass is 410 g/mol. The molecule has 0 aromatic heterocycles. The van der Waals surface area contributed by atoms with E-state index in [0.29, 0.717) is 24.2 Å². The average Bonchev–Trinajstić information content (AvgIpc) is 2.99. The number of nitro groups is 1. The van der Waals surface area contributed by atoms with Crippen LogP contribution >= 0.6 is 0 Å². The molecule has 3 rings (SSSR count). The first-order chi connectivity index (χ1) is 14.3. The molecule has 0 aliphatic carbocycles. The zero-order valence-corrected chi connectivity index (χ0v) is 16.7. The Morgan fingerprint density at radius 3 is 2.33 bits per heavy atom. The molecule has 1 heterocycles. The fourth-order valence-electron chi connectivity index (χ4n) is 3.48. The number of ether oxygens (including phenoxy) is 1. The highest BCUT2D eigenvalue weighted by Gasteiger charge is 2.45. The van der Waals surface area contributed by atoms with Crippen molar-refractivity contribution in [2.45, 2.75) is 19.4 Å². The minimum absolute atomic E-state index is 0.0323. The minimum atomic E-state index is -0.844. The topological polar surface area (TPSA) is 110 Å². The molecule has 1 atom stereocenters. The van der Waals surface area contributed by atoms with Gasteiger partial charge in [-0.1, -0.05) is 29.8 Å². The summed E-state index contributed by atoms with van der Waals surface area (Å²) in [7, 11) is 1.54. The molecule has 0 spiro atoms. The van der Waals surface area contributed by atoms with Crippen LogP contribution in [0.5, 0.6) is 0 Å². The number of non-ortho nitro benzene ring substituents is 1. The zero-order valence-electron chi connectivity index (χ0n) is 16.7. The van der Waals surface area contributed by atoms with Gasteiger partial charge in [-0.3, -0.25) is 19.7 Å². The molecule has 0 radical (unpaired) electrons. The van der Waals surface area contributed by atoms with Crippen molar-refractivity contribution in [3.05, 3.63) is 80.9 Å². The first-order valence-corrected chi connectivity index (χ1v) is 9.44. The molecule has 0 bridgehead atoms. The third kappa shape index (κ3) is 4.08. The molecule has 8 heteroatoms. The second-order valence-electron chi connectivity index (χ2n) is 7.05. The Bertz CT molecular complexity index is 995. The lowest BCUT2D eigenvalue weighted by atomic mass is 9.95. The van der Waals surface area contributed by atoms with Crippen LogP contribution in [0.3, 0.4) is 0 Å². The molecule has 156 valence electrons. The van der Waals surface area contributed by atoms with Gasteiger partial charge in [-0.25, -0.2) is 0 Å². The maximum atomic E-state index is 12.8. The van der Waals surface area contributed by atoms with E-state index in [-0.39, 0.29) is 23.6 Å². The van der Waals surface area contributed by atoms with Crippen LogP contribution in [0.1, 0.15) is 29.2 Å². The number of hydrogen-bond acceptors (Lipinski definition) is 6. The second-order valence-corrected chi connectivity index (χ2v) is 7.05. The Kier molecular flexibility index (Phi) is 6.27. The fraction of sp³-hybridized carbons (Fsp3) is 0.273. The van der Waals surface area contributed by atoms with Crippen molar-refractivity contribution in [3.8, 4) is 0 Å². The number of carbonyl (C=O) groups excluding carboxylic acids is 2. The van der Waals surface area contributed by atoms with E-state index >= 15 is 0 Å². The van der Waals surface area contributed by atoms with Crippen LogP contribution in [0.4, 0.5) is 5.69 Å². The zero-order chi connectivity index (χ0) is 21.8. The van der Waals surface area contributed by atoms with Gasteiger partial charge in [0.1, 0.15) is 5.76 Å². The van der Waals surface area contributed by atoms with E-state index in [2.05, 4.69) is 0 Å². The number of aryl methyl sites for hydroxylation is 1. The molecule has 1 amide bonds. The van der Waals surface area contributed by atoms with Crippen molar-refractivity contribution < 1.29 is 24.4 Å². The molecular weight excluding hydrogens is 388 g/mol. The Labute approximate surface area is 173 Å². The highest BCUT2D eigenvalue weighted by Crippen LogP contribution is 2.39. The number of Topliss-reactive ketones (excluding diaryl/α,β-unsaturated/α-hetero) is 1. The van der Waals surface area contributed by atoms with Crippen molar-refractivity contribution in [1.82, 2.24) is 4.90 Å². The fourth-order valence-corrected chi connectivity index (χ4v) is 3.48. The van der Waals surface area contributed by atoms with Gasteiger partial charge >= 0.3 is 0 Å². The normalized spacial score (nSPS) is 18.1. The highest BCUT2D eigenvalue weighted by molar-refractivity contribution is 6.46. The van der Waals surface area contributed by atoms with Gasteiger partial charge in [0.15, 0.2) is 0 Å². The number of likely N-dealkylation sites (tertiary alicyclic amines) is 1. The molecule has 1 aliphatic heterocycles. The predicted molar refractivity (Wildman–Crippen MR) is 110 cm³/mol. The first kappa shape index (κ1) is 21.2. The quantitative estimate of drug-likeness (QED) is 0.187. The SMILES string of the molecule is COCCCN1C(=O)C(=O)C(=C(O)c2ccc(C)cc2)C1c1ccc([N+](=O)[O-])cc1. The predicted octanol–water partition coefficient (Wildman–Crippen LogP) is 3.36. The van der Waals surface area contributed by atoms with Gasteiger partial charge in [0.05, 0.1) is 16.5 Å². The van der Waals surface area contributed by atoms with Crippen molar-refractivity contribution in [3.63, 3.8) is 0 Å². The molecule has 2 aromatic rings. The lowest BCUT2D eigenvalue weighted by Gasteiger charge is -2.25. The number of aliphatic hydroxyl groups is 1. The maximum Gasteiger partial charge on any atom is 0.295 e. The Morgan fingerprint density at radius 2 is 1.77 bits per heavy atom. The summed E-state index contributed by atoms with van der Waals surface area (Å²) in [4.78, 5) is 37.4. The van der Waals surface area contributed by atoms with E-state index in [9.17, 15) is 24.8 Å². The number of amides is 1. The molecule has 8 nitrogen and oxygen atoms in total. The van der Waals surface area contributed by atoms with E-state index < -0.39 is 22.7 Å². The third-order valence-corrected chi connectivity index (χ3v) is 5.03. The van der Waals surface area contributed by atoms with Gasteiger partial charge in [-0.05, 0) is 31.0 Å². The van der Waals surface area contributed by atoms with Crippen LogP contribution in [-0.4, -0.2) is 46.9 Å². The number of aliphatic hydroxyl groups excluding tert-OH is 1. The van der Waals surface area contributed by atoms with E-state index in [1.807, 2.05) is 6.92 Å². The number of methoxy groups -OCH3 is 1. The number of carbonyl (C=O) groups is 2. The van der Waals surface area contributed by atoms with E-state index in [1.54, 1.807) is 31.4 Å². The number of benzene rings is 2. The number of hydrogen-bond donors (Lipinski definition) is 1. The summed E-state index contributed by atoms with van der Waals surface area (Å²) in [5, 5.41) is 21.9. The Balaban J connectivity index is 2.11. The van der Waals surface area contributed by atoms with Crippen LogP contribution in [0.25, 0.3) is 5.76 Å². The number of rotatable bonds is 7. The van der Waals surface area contributed by atoms with Crippen LogP contribution in [0.2, 0.25) is 0 Å². The molecule has 1 unspecified atom stereocenters. The Morgan fingerprint density at radius 1 is 1.13 bits per heavy atom. The minimum Gasteiger partial charge on any atom is -0.507 e. The number of nitrogens with zero attached hydrogens (tertiary/aromatic N) is 2. The van der Waals surface area contributed by atoms with Crippen molar-refractivity contribution in [2.24, 2.45) is 0 Å². The van der Waals surface area contributed by atoms with Gasteiger partial charge in [0.2, 0.25) is 0 Å². The summed E-state index contributed by atoms with van der Waals surface area (Å²) in [6.07, 6.45) is 0.498. The summed E-state index contributed by atoms with van der Waals surface area (Å²) in [6.45, 7) is 2.54. The summed E-state index contributed by atoms with van der Waals surface area (Å²) in [5.74, 6) is -1.78. The standard InChI is InChI=1S/C22H22N2O6/c1-14-4-6-16(7-5-14)20(25)18-19(15-8-10-17(11-9-15)24(28)29)23(12-3-13-30-2)22(27)21(18)26/h4-11,19,25H,3,12-13H2,1-2H3. The smallest absolute Gasteiger partial charge is 0.295 e. The maximum absolute atomic E-state index is 12.8. The Hall–Kier alpha value is -3.52. The molecular formula is C22H22N2O6. The molecule has 0 saturated carbocycles. The van der Waals surface area contributed by atoms with Gasteiger partial charge in [-0.2, -0.15) is 0 Å². The third-order valence-electron chi connectivity index (χ3n) is 5.03. The average molecular weight is 410 g/mol. The highest BCUT2D eigenvalue weighted by atomic mass is 16.6. The summed E-state index contributed by atoms with van der Waals surface area (Å²) >= 11 is 0. The summed E-state index contributed by atoms with van der Waals surface area (Å²) in [6, 6.07) is 11.7. The van der Waals surface area contributed by atoms with Gasteiger partial charge in [0, 0.05) is 38.0 Å². The number of nitro benzene ring substituents is 1. The lowest BCUT2D eigenvalue weighted by molar-refractivity contribution is -0.384. The molecule has 1 fully saturated rings. The van der Waals surface area contributed by atoms with Gasteiger partial charge < -0.3 is 14.7 Å². The van der Waals surface area contributed by atoms with Crippen LogP contribution in [0, 0.1) is 17.0 Å². The van der Waals surface area contributed by atoms with E-state index in [1.165, 1.54) is 29.2 Å². The summed E-state index contributed by atoms with van der Waals surface area (Å²) in [5.41, 5.74) is 1.77. The summed E-state index contributed by atoms with van der Waals surface area (Å²) < 4.78 is 5.04. The van der Waals surface area contributed by atoms with E-state index in [0.717, 1.165) is 5.56 Å². The van der Waals surface area contributed by atoms with Crippen molar-refractivity contribution in [2.75, 3.05) is 20.3 Å². The van der Waals surface area contributed by atoms with Crippen LogP contribution in [0.15, 0.2) is 54.1 Å². The lowest BCUT2D eigenvalue weighted by Crippen LogP contribution is -2.31. The second kappa shape index (κ2) is 8.87. The molecule has 30 heavy (non-hydrogen) atoms. The largest absolute Gasteiger partial charge is 0.507 e. The van der Waals surface area contributed by atoms with Gasteiger partial charge in [-0.15, -0.1) is 0 Å². The first-order valence-electron chi connectivity index (χ1n) is 9.44. The van der Waals surface area contributed by atoms with Crippen molar-refractivity contribution >= 4 is 23.1 Å². The van der Waals surface area contributed by atoms with Crippen LogP contribution in [-0.2, 0) is 14.3 Å². The van der Waals surface area contributed by atoms with Crippen LogP contribution < -0.4 is 0 Å². The van der Waals surface area contributed by atoms with Crippen molar-refractivity contribution in [1.29, 1.82) is 0 Å². The van der Waals surface area contributed by atoms with Gasteiger partial charge in [0.25, 0.3) is 17.4 Å². The molecule has 1 saturated heterocycles. The molecule has 1 aliphatic rings. The number of ketones is 1. The molecule has 1 N–H and O–H groups in total. The molecule has 2 aromatic carbocycles. The van der Waals surface area contributed by atoms with E-state index in [4.69, 9.17) is 4.74 Å².